The van der Waals surface area contributed by atoms with Crippen LogP contribution in [0.4, 0.5) is 0 Å². The summed E-state index contributed by atoms with van der Waals surface area (Å²) in [4.78, 5) is 19.6. The third-order valence-corrected chi connectivity index (χ3v) is 7.18. The van der Waals surface area contributed by atoms with Gasteiger partial charge in [0.25, 0.3) is 0 Å². The Morgan fingerprint density at radius 2 is 1.74 bits per heavy atom. The predicted molar refractivity (Wildman–Crippen MR) is 131 cm³/mol. The van der Waals surface area contributed by atoms with Crippen molar-refractivity contribution in [2.75, 3.05) is 39.4 Å². The molecule has 0 saturated heterocycles. The molecule has 9 heteroatoms. The zero-order chi connectivity index (χ0) is 23.8. The van der Waals surface area contributed by atoms with Crippen LogP contribution in [-0.2, 0) is 0 Å². The van der Waals surface area contributed by atoms with Crippen LogP contribution >= 0.6 is 0 Å². The van der Waals surface area contributed by atoms with Gasteiger partial charge in [0, 0.05) is 56.7 Å². The Morgan fingerprint density at radius 3 is 2.38 bits per heavy atom. The van der Waals surface area contributed by atoms with Gasteiger partial charge in [-0.2, -0.15) is 0 Å². The summed E-state index contributed by atoms with van der Waals surface area (Å²) in [5.41, 5.74) is 0.736. The molecule has 2 fully saturated rings. The highest BCUT2D eigenvalue weighted by atomic mass is 16.5. The Morgan fingerprint density at radius 1 is 1.00 bits per heavy atom. The number of hydrogen-bond acceptors (Lipinski definition) is 7. The minimum absolute atomic E-state index is 0.0219. The number of aliphatic hydroxyl groups is 2. The highest BCUT2D eigenvalue weighted by molar-refractivity contribution is 5.31. The Hall–Kier alpha value is -2.20. The fourth-order valence-corrected chi connectivity index (χ4v) is 5.23. The van der Waals surface area contributed by atoms with Crippen molar-refractivity contribution in [2.45, 2.75) is 69.6 Å². The number of ether oxygens (including phenoxy) is 1. The second-order valence-corrected chi connectivity index (χ2v) is 9.49. The summed E-state index contributed by atoms with van der Waals surface area (Å²) in [7, 11) is 0. The number of nitrogens with one attached hydrogen (secondary N) is 1. The average molecular weight is 474 g/mol. The first-order valence-corrected chi connectivity index (χ1v) is 12.8. The van der Waals surface area contributed by atoms with Gasteiger partial charge in [0.1, 0.15) is 6.10 Å². The van der Waals surface area contributed by atoms with Crippen LogP contribution in [0.25, 0.3) is 5.69 Å². The molecular formula is C25H39N5O4. The third-order valence-electron chi connectivity index (χ3n) is 7.18. The summed E-state index contributed by atoms with van der Waals surface area (Å²) in [5, 5.41) is 21.9. The van der Waals surface area contributed by atoms with E-state index in [1.54, 1.807) is 10.8 Å². The van der Waals surface area contributed by atoms with E-state index in [1.807, 2.05) is 29.1 Å². The molecule has 0 unspecified atom stereocenters. The number of nitrogens with zero attached hydrogens (tertiary/aromatic N) is 4. The standard InChI is InChI=1S/C25H39N5O4/c31-17-15-28(16-18-32)12-11-26-20-5-7-21(8-6-20)29-13-14-30(25(29)33)22-9-10-24(27-19-22)34-23-3-1-2-4-23/h9-10,13-14,19-21,23,26,31-32H,1-8,11-12,15-18H2. The Bertz CT molecular complexity index is 908. The molecular weight excluding hydrogens is 434 g/mol. The number of rotatable bonds is 12. The number of aliphatic hydroxyl groups excluding tert-OH is 2. The first kappa shape index (κ1) is 24.9. The number of hydrogen-bond donors (Lipinski definition) is 3. The lowest BCUT2D eigenvalue weighted by Gasteiger charge is -2.30. The zero-order valence-corrected chi connectivity index (χ0v) is 20.0. The van der Waals surface area contributed by atoms with Crippen LogP contribution in [0.5, 0.6) is 5.88 Å². The molecule has 0 aromatic carbocycles. The van der Waals surface area contributed by atoms with Crippen LogP contribution in [0, 0.1) is 0 Å². The monoisotopic (exact) mass is 473 g/mol. The van der Waals surface area contributed by atoms with E-state index in [9.17, 15) is 4.79 Å². The molecule has 3 N–H and O–H groups in total. The molecule has 0 aliphatic heterocycles. The molecule has 0 atom stereocenters. The summed E-state index contributed by atoms with van der Waals surface area (Å²) < 4.78 is 9.46. The van der Waals surface area contributed by atoms with Crippen LogP contribution < -0.4 is 15.7 Å². The van der Waals surface area contributed by atoms with E-state index in [-0.39, 0.29) is 31.0 Å². The first-order chi connectivity index (χ1) is 16.7. The van der Waals surface area contributed by atoms with Crippen LogP contribution in [-0.4, -0.2) is 80.8 Å². The van der Waals surface area contributed by atoms with Crippen molar-refractivity contribution in [3.8, 4) is 11.6 Å². The number of imidazole rings is 1. The molecule has 0 spiro atoms. The highest BCUT2D eigenvalue weighted by Gasteiger charge is 2.24. The number of pyridine rings is 1. The quantitative estimate of drug-likeness (QED) is 0.431. The van der Waals surface area contributed by atoms with Gasteiger partial charge in [-0.3, -0.25) is 14.0 Å². The Kier molecular flexibility index (Phi) is 9.15. The average Bonchev–Trinajstić information content (AvgIpc) is 3.50. The van der Waals surface area contributed by atoms with Gasteiger partial charge in [0.15, 0.2) is 0 Å². The smallest absolute Gasteiger partial charge is 0.333 e. The summed E-state index contributed by atoms with van der Waals surface area (Å²) in [5.74, 6) is 0.629. The second-order valence-electron chi connectivity index (χ2n) is 9.49. The largest absolute Gasteiger partial charge is 0.474 e. The van der Waals surface area contributed by atoms with Crippen molar-refractivity contribution in [3.63, 3.8) is 0 Å². The van der Waals surface area contributed by atoms with Crippen molar-refractivity contribution in [1.29, 1.82) is 0 Å². The van der Waals surface area contributed by atoms with E-state index in [0.29, 0.717) is 25.0 Å². The Balaban J connectivity index is 1.27. The topological polar surface area (TPSA) is 105 Å². The van der Waals surface area contributed by atoms with Gasteiger partial charge in [0.2, 0.25) is 5.88 Å². The molecule has 34 heavy (non-hydrogen) atoms. The maximum absolute atomic E-state index is 13.1. The molecule has 2 aliphatic carbocycles. The van der Waals surface area contributed by atoms with Crippen molar-refractivity contribution < 1.29 is 14.9 Å². The molecule has 2 saturated carbocycles. The van der Waals surface area contributed by atoms with E-state index < -0.39 is 0 Å². The van der Waals surface area contributed by atoms with Crippen molar-refractivity contribution in [1.82, 2.24) is 24.3 Å². The summed E-state index contributed by atoms with van der Waals surface area (Å²) in [6.07, 6.45) is 14.3. The Labute approximate surface area is 201 Å². The van der Waals surface area contributed by atoms with Crippen LogP contribution in [0.15, 0.2) is 35.5 Å². The fourth-order valence-electron chi connectivity index (χ4n) is 5.23. The van der Waals surface area contributed by atoms with Gasteiger partial charge in [0.05, 0.1) is 25.1 Å². The molecule has 2 aliphatic rings. The molecule has 0 amide bonds. The SMILES string of the molecule is O=c1n(-c2ccc(OC3CCCC3)nc2)ccn1C1CCC(NCCN(CCO)CCO)CC1. The van der Waals surface area contributed by atoms with Gasteiger partial charge in [-0.05, 0) is 57.4 Å². The van der Waals surface area contributed by atoms with Gasteiger partial charge >= 0.3 is 5.69 Å². The molecule has 4 rings (SSSR count). The van der Waals surface area contributed by atoms with Crippen molar-refractivity contribution in [2.24, 2.45) is 0 Å². The second kappa shape index (κ2) is 12.5. The fraction of sp³-hybridized carbons (Fsp3) is 0.680. The van der Waals surface area contributed by atoms with Crippen LogP contribution in [0.1, 0.15) is 57.4 Å². The summed E-state index contributed by atoms with van der Waals surface area (Å²) >= 11 is 0. The maximum Gasteiger partial charge on any atom is 0.333 e. The van der Waals surface area contributed by atoms with Crippen LogP contribution in [0.2, 0.25) is 0 Å². The van der Waals surface area contributed by atoms with Gasteiger partial charge in [-0.1, -0.05) is 0 Å². The van der Waals surface area contributed by atoms with Crippen molar-refractivity contribution >= 4 is 0 Å². The lowest BCUT2D eigenvalue weighted by Crippen LogP contribution is -2.41. The zero-order valence-electron chi connectivity index (χ0n) is 20.0. The van der Waals surface area contributed by atoms with Gasteiger partial charge in [-0.15, -0.1) is 0 Å². The highest BCUT2D eigenvalue weighted by Crippen LogP contribution is 2.28. The van der Waals surface area contributed by atoms with E-state index in [0.717, 1.165) is 57.3 Å². The van der Waals surface area contributed by atoms with E-state index in [1.165, 1.54) is 12.8 Å². The normalized spacial score (nSPS) is 21.4. The summed E-state index contributed by atoms with van der Waals surface area (Å²) in [6.45, 7) is 3.02. The summed E-state index contributed by atoms with van der Waals surface area (Å²) in [6, 6.07) is 4.41. The first-order valence-electron chi connectivity index (χ1n) is 12.8. The molecule has 0 radical (unpaired) electrons. The van der Waals surface area contributed by atoms with E-state index >= 15 is 0 Å². The van der Waals surface area contributed by atoms with Crippen LogP contribution in [0.3, 0.4) is 0 Å². The lowest BCUT2D eigenvalue weighted by atomic mass is 9.91. The molecule has 2 aromatic rings. The minimum Gasteiger partial charge on any atom is -0.474 e. The molecule has 9 nitrogen and oxygen atoms in total. The number of aromatic nitrogens is 3. The molecule has 188 valence electrons. The maximum atomic E-state index is 13.1. The predicted octanol–water partition coefficient (Wildman–Crippen LogP) is 1.72. The third kappa shape index (κ3) is 6.47. The van der Waals surface area contributed by atoms with Crippen molar-refractivity contribution in [3.05, 3.63) is 41.2 Å². The van der Waals surface area contributed by atoms with Gasteiger partial charge in [-0.25, -0.2) is 9.78 Å². The molecule has 2 aromatic heterocycles. The minimum atomic E-state index is -0.0219. The van der Waals surface area contributed by atoms with Gasteiger partial charge < -0.3 is 20.3 Å². The van der Waals surface area contributed by atoms with E-state index in [4.69, 9.17) is 14.9 Å². The molecule has 2 heterocycles. The van der Waals surface area contributed by atoms with E-state index in [2.05, 4.69) is 15.2 Å². The lowest BCUT2D eigenvalue weighted by molar-refractivity contribution is 0.159. The molecule has 0 bridgehead atoms.